The van der Waals surface area contributed by atoms with Gasteiger partial charge in [0, 0.05) is 6.54 Å². The molecule has 3 aromatic rings. The molecule has 0 amide bonds. The SMILES string of the molecule is CCn1c(C=NS(=O)(=O)c2ccc(C)cc2)nnc1Oc1ccc(F)cc1. The Morgan fingerprint density at radius 2 is 1.78 bits per heavy atom. The Hall–Kier alpha value is -3.07. The Morgan fingerprint density at radius 3 is 2.41 bits per heavy atom. The van der Waals surface area contributed by atoms with Crippen LogP contribution in [0.4, 0.5) is 4.39 Å². The van der Waals surface area contributed by atoms with Crippen LogP contribution in [0.1, 0.15) is 18.3 Å². The third-order valence-electron chi connectivity index (χ3n) is 3.71. The summed E-state index contributed by atoms with van der Waals surface area (Å²) in [6.07, 6.45) is 1.13. The van der Waals surface area contributed by atoms with Gasteiger partial charge in [0.1, 0.15) is 11.6 Å². The molecule has 0 saturated heterocycles. The summed E-state index contributed by atoms with van der Waals surface area (Å²) < 4.78 is 48.5. The highest BCUT2D eigenvalue weighted by Gasteiger charge is 2.15. The molecule has 7 nitrogen and oxygen atoms in total. The number of benzene rings is 2. The zero-order valence-electron chi connectivity index (χ0n) is 14.7. The number of ether oxygens (including phenoxy) is 1. The van der Waals surface area contributed by atoms with Crippen LogP contribution in [0.15, 0.2) is 57.8 Å². The summed E-state index contributed by atoms with van der Waals surface area (Å²) in [6, 6.07) is 12.0. The number of aryl methyl sites for hydroxylation is 1. The molecule has 0 fully saturated rings. The molecule has 1 aromatic heterocycles. The van der Waals surface area contributed by atoms with E-state index in [2.05, 4.69) is 14.6 Å². The summed E-state index contributed by atoms with van der Waals surface area (Å²) in [4.78, 5) is 0.0923. The third kappa shape index (κ3) is 4.37. The van der Waals surface area contributed by atoms with Gasteiger partial charge < -0.3 is 4.74 Å². The molecule has 0 N–H and O–H groups in total. The van der Waals surface area contributed by atoms with E-state index in [0.29, 0.717) is 12.3 Å². The molecule has 0 atom stereocenters. The highest BCUT2D eigenvalue weighted by molar-refractivity contribution is 7.90. The molecule has 140 valence electrons. The second-order valence-electron chi connectivity index (χ2n) is 5.66. The van der Waals surface area contributed by atoms with E-state index in [1.54, 1.807) is 16.7 Å². The standard InChI is InChI=1S/C18H17FN4O3S/c1-3-23-17(12-20-27(24,25)16-10-4-13(2)5-11-16)21-22-18(23)26-15-8-6-14(19)7-9-15/h4-12H,3H2,1-2H3. The summed E-state index contributed by atoms with van der Waals surface area (Å²) in [7, 11) is -3.85. The molecule has 1 heterocycles. The van der Waals surface area contributed by atoms with Crippen LogP contribution >= 0.6 is 0 Å². The Labute approximate surface area is 156 Å². The molecule has 0 aliphatic heterocycles. The quantitative estimate of drug-likeness (QED) is 0.605. The lowest BCUT2D eigenvalue weighted by Crippen LogP contribution is -2.05. The molecule has 0 bridgehead atoms. The summed E-state index contributed by atoms with van der Waals surface area (Å²) >= 11 is 0. The minimum atomic E-state index is -3.85. The predicted octanol–water partition coefficient (Wildman–Crippen LogP) is 3.35. The molecule has 0 spiro atoms. The van der Waals surface area contributed by atoms with Crippen molar-refractivity contribution in [2.45, 2.75) is 25.3 Å². The number of sulfonamides is 1. The van der Waals surface area contributed by atoms with Crippen molar-refractivity contribution in [1.82, 2.24) is 14.8 Å². The van der Waals surface area contributed by atoms with Gasteiger partial charge in [0.2, 0.25) is 0 Å². The molecule has 0 aliphatic rings. The maximum atomic E-state index is 13.0. The van der Waals surface area contributed by atoms with Crippen molar-refractivity contribution >= 4 is 16.2 Å². The highest BCUT2D eigenvalue weighted by atomic mass is 32.2. The average Bonchev–Trinajstić information content (AvgIpc) is 3.04. The molecule has 0 saturated carbocycles. The van der Waals surface area contributed by atoms with Crippen molar-refractivity contribution in [3.8, 4) is 11.8 Å². The molecule has 27 heavy (non-hydrogen) atoms. The van der Waals surface area contributed by atoms with E-state index in [9.17, 15) is 12.8 Å². The van der Waals surface area contributed by atoms with Gasteiger partial charge >= 0.3 is 6.01 Å². The number of hydrogen-bond acceptors (Lipinski definition) is 5. The van der Waals surface area contributed by atoms with E-state index in [0.717, 1.165) is 11.8 Å². The Balaban J connectivity index is 1.84. The van der Waals surface area contributed by atoms with Gasteiger partial charge in [-0.2, -0.15) is 12.8 Å². The summed E-state index contributed by atoms with van der Waals surface area (Å²) in [6.45, 7) is 4.12. The van der Waals surface area contributed by atoms with E-state index < -0.39 is 10.0 Å². The van der Waals surface area contributed by atoms with Crippen molar-refractivity contribution in [1.29, 1.82) is 0 Å². The van der Waals surface area contributed by atoms with E-state index >= 15 is 0 Å². The van der Waals surface area contributed by atoms with Crippen molar-refractivity contribution in [2.75, 3.05) is 0 Å². The van der Waals surface area contributed by atoms with Crippen LogP contribution < -0.4 is 4.74 Å². The van der Waals surface area contributed by atoms with Crippen molar-refractivity contribution < 1.29 is 17.5 Å². The average molecular weight is 388 g/mol. The van der Waals surface area contributed by atoms with Gasteiger partial charge in [0.05, 0.1) is 11.1 Å². The minimum absolute atomic E-state index is 0.0923. The van der Waals surface area contributed by atoms with Gasteiger partial charge in [0.25, 0.3) is 10.0 Å². The topological polar surface area (TPSA) is 86.4 Å². The first-order valence-electron chi connectivity index (χ1n) is 8.12. The first-order chi connectivity index (χ1) is 12.9. The van der Waals surface area contributed by atoms with Crippen LogP contribution in [-0.4, -0.2) is 29.4 Å². The normalized spacial score (nSPS) is 11.8. The number of rotatable bonds is 6. The smallest absolute Gasteiger partial charge is 0.322 e. The lowest BCUT2D eigenvalue weighted by Gasteiger charge is -2.06. The first-order valence-corrected chi connectivity index (χ1v) is 9.56. The Kier molecular flexibility index (Phi) is 5.31. The monoisotopic (exact) mass is 388 g/mol. The van der Waals surface area contributed by atoms with Gasteiger partial charge in [-0.05, 0) is 50.2 Å². The van der Waals surface area contributed by atoms with Gasteiger partial charge in [-0.15, -0.1) is 5.10 Å². The second-order valence-corrected chi connectivity index (χ2v) is 7.30. The number of hydrogen-bond donors (Lipinski definition) is 0. The molecule has 9 heteroatoms. The molecule has 0 radical (unpaired) electrons. The minimum Gasteiger partial charge on any atom is -0.424 e. The fraction of sp³-hybridized carbons (Fsp3) is 0.167. The van der Waals surface area contributed by atoms with Crippen LogP contribution in [0.2, 0.25) is 0 Å². The van der Waals surface area contributed by atoms with E-state index in [-0.39, 0.29) is 22.5 Å². The van der Waals surface area contributed by atoms with Crippen LogP contribution in [0.5, 0.6) is 11.8 Å². The zero-order chi connectivity index (χ0) is 19.4. The Bertz CT molecular complexity index is 1060. The molecule has 0 unspecified atom stereocenters. The maximum Gasteiger partial charge on any atom is 0.322 e. The predicted molar refractivity (Wildman–Crippen MR) is 98.1 cm³/mol. The first kappa shape index (κ1) is 18.7. The zero-order valence-corrected chi connectivity index (χ0v) is 15.5. The number of nitrogens with zero attached hydrogens (tertiary/aromatic N) is 4. The fourth-order valence-corrected chi connectivity index (χ4v) is 3.10. The number of aromatic nitrogens is 3. The molecular formula is C18H17FN4O3S. The van der Waals surface area contributed by atoms with Gasteiger partial charge in [-0.3, -0.25) is 4.57 Å². The van der Waals surface area contributed by atoms with Crippen LogP contribution in [-0.2, 0) is 16.6 Å². The maximum absolute atomic E-state index is 13.0. The van der Waals surface area contributed by atoms with Crippen molar-refractivity contribution in [3.05, 3.63) is 65.7 Å². The van der Waals surface area contributed by atoms with E-state index in [1.807, 2.05) is 13.8 Å². The lowest BCUT2D eigenvalue weighted by atomic mass is 10.2. The van der Waals surface area contributed by atoms with Crippen LogP contribution in [0.3, 0.4) is 0 Å². The van der Waals surface area contributed by atoms with Crippen molar-refractivity contribution in [3.63, 3.8) is 0 Å². The third-order valence-corrected chi connectivity index (χ3v) is 4.96. The van der Waals surface area contributed by atoms with Gasteiger partial charge in [0.15, 0.2) is 5.82 Å². The summed E-state index contributed by atoms with van der Waals surface area (Å²) in [5.41, 5.74) is 0.950. The molecule has 3 rings (SSSR count). The molecule has 0 aliphatic carbocycles. The van der Waals surface area contributed by atoms with E-state index in [1.165, 1.54) is 36.4 Å². The second kappa shape index (κ2) is 7.67. The highest BCUT2D eigenvalue weighted by Crippen LogP contribution is 2.20. The van der Waals surface area contributed by atoms with Crippen LogP contribution in [0.25, 0.3) is 0 Å². The van der Waals surface area contributed by atoms with Gasteiger partial charge in [-0.1, -0.05) is 22.8 Å². The lowest BCUT2D eigenvalue weighted by molar-refractivity contribution is 0.412. The fourth-order valence-electron chi connectivity index (χ4n) is 2.26. The molecular weight excluding hydrogens is 371 g/mol. The summed E-state index contributed by atoms with van der Waals surface area (Å²) in [5, 5.41) is 7.81. The van der Waals surface area contributed by atoms with Crippen LogP contribution in [0, 0.1) is 12.7 Å². The largest absolute Gasteiger partial charge is 0.424 e. The van der Waals surface area contributed by atoms with Crippen molar-refractivity contribution in [2.24, 2.45) is 4.40 Å². The Morgan fingerprint density at radius 1 is 1.11 bits per heavy atom. The number of halogens is 1. The molecule has 2 aromatic carbocycles. The van der Waals surface area contributed by atoms with E-state index in [4.69, 9.17) is 4.74 Å². The summed E-state index contributed by atoms with van der Waals surface area (Å²) in [5.74, 6) is 0.230. The van der Waals surface area contributed by atoms with Gasteiger partial charge in [-0.25, -0.2) is 4.39 Å².